The third-order valence-electron chi connectivity index (χ3n) is 4.35. The van der Waals surface area contributed by atoms with Crippen molar-refractivity contribution in [2.45, 2.75) is 52.8 Å². The molecule has 10 heteroatoms. The van der Waals surface area contributed by atoms with Gasteiger partial charge in [0.1, 0.15) is 11.5 Å². The first-order chi connectivity index (χ1) is 12.2. The molecule has 0 heterocycles. The largest absolute Gasteiger partial charge is 0.507 e. The molecule has 1 aromatic carbocycles. The van der Waals surface area contributed by atoms with Crippen LogP contribution >= 0.6 is 0 Å². The molecule has 0 saturated carbocycles. The van der Waals surface area contributed by atoms with Crippen LogP contribution in [0.5, 0.6) is 5.75 Å². The van der Waals surface area contributed by atoms with Crippen LogP contribution in [0.3, 0.4) is 0 Å². The summed E-state index contributed by atoms with van der Waals surface area (Å²) in [5.41, 5.74) is 2.53. The second-order valence-corrected chi connectivity index (χ2v) is 7.98. The molecule has 0 aliphatic heterocycles. The molecule has 0 spiro atoms. The first kappa shape index (κ1) is 23.2. The third kappa shape index (κ3) is 6.39. The zero-order valence-electron chi connectivity index (χ0n) is 15.4. The van der Waals surface area contributed by atoms with Crippen molar-refractivity contribution >= 4 is 16.1 Å². The van der Waals surface area contributed by atoms with E-state index < -0.39 is 40.0 Å². The molecule has 0 aromatic heterocycles. The van der Waals surface area contributed by atoms with E-state index in [-0.39, 0.29) is 18.6 Å². The number of hydrogen-bond donors (Lipinski definition) is 2. The third-order valence-corrected chi connectivity index (χ3v) is 5.08. The van der Waals surface area contributed by atoms with Gasteiger partial charge in [0.05, 0.1) is 5.92 Å². The number of rotatable bonds is 7. The fourth-order valence-corrected chi connectivity index (χ4v) is 3.43. The normalized spacial score (nSPS) is 14.7. The molecule has 0 aliphatic carbocycles. The fraction of sp³-hybridized carbons (Fsp3) is 0.588. The number of phenolic OH excluding ortho intramolecular Hbond substituents is 1. The van der Waals surface area contributed by atoms with Crippen LogP contribution in [0.2, 0.25) is 0 Å². The molecule has 0 fully saturated rings. The van der Waals surface area contributed by atoms with E-state index in [1.807, 2.05) is 0 Å². The second kappa shape index (κ2) is 8.47. The van der Waals surface area contributed by atoms with Crippen LogP contribution in [0.15, 0.2) is 6.07 Å². The van der Waals surface area contributed by atoms with Gasteiger partial charge in [0.25, 0.3) is 10.1 Å². The van der Waals surface area contributed by atoms with E-state index in [2.05, 4.69) is 4.74 Å². The standard InChI is InChI=1S/C17H23F3O6S/c1-5-12(7-13-9(2)6-10(3)15(21)11(13)4)16(22)26-14(17(18,19)20)8-27(23,24)25/h6,12,14,21H,5,7-8H2,1-4H3,(H,23,24,25). The van der Waals surface area contributed by atoms with Crippen molar-refractivity contribution in [3.05, 3.63) is 28.3 Å². The van der Waals surface area contributed by atoms with Crippen LogP contribution in [-0.2, 0) is 26.1 Å². The Hall–Kier alpha value is -1.81. The number of phenols is 1. The molecular weight excluding hydrogens is 389 g/mol. The summed E-state index contributed by atoms with van der Waals surface area (Å²) in [5, 5.41) is 10.1. The van der Waals surface area contributed by atoms with Gasteiger partial charge >= 0.3 is 12.1 Å². The summed E-state index contributed by atoms with van der Waals surface area (Å²) in [6, 6.07) is 1.70. The topological polar surface area (TPSA) is 101 Å². The van der Waals surface area contributed by atoms with Crippen LogP contribution in [-0.4, -0.2) is 42.1 Å². The van der Waals surface area contributed by atoms with Gasteiger partial charge in [0.15, 0.2) is 0 Å². The van der Waals surface area contributed by atoms with Gasteiger partial charge in [-0.2, -0.15) is 21.6 Å². The van der Waals surface area contributed by atoms with Gasteiger partial charge in [0, 0.05) is 0 Å². The maximum absolute atomic E-state index is 12.9. The molecule has 0 bridgehead atoms. The number of esters is 1. The minimum absolute atomic E-state index is 0.0251. The smallest absolute Gasteiger partial charge is 0.426 e. The van der Waals surface area contributed by atoms with Crippen molar-refractivity contribution in [1.82, 2.24) is 0 Å². The summed E-state index contributed by atoms with van der Waals surface area (Å²) in [6.45, 7) is 6.67. The highest BCUT2D eigenvalue weighted by molar-refractivity contribution is 7.85. The van der Waals surface area contributed by atoms with Crippen molar-refractivity contribution in [2.75, 3.05) is 5.75 Å². The summed E-state index contributed by atoms with van der Waals surface area (Å²) >= 11 is 0. The van der Waals surface area contributed by atoms with E-state index in [0.717, 1.165) is 5.56 Å². The van der Waals surface area contributed by atoms with Crippen molar-refractivity contribution in [3.8, 4) is 5.75 Å². The molecule has 0 radical (unpaired) electrons. The Morgan fingerprint density at radius 2 is 1.78 bits per heavy atom. The molecule has 2 unspecified atom stereocenters. The van der Waals surface area contributed by atoms with Crippen LogP contribution in [0.4, 0.5) is 13.2 Å². The van der Waals surface area contributed by atoms with E-state index in [1.54, 1.807) is 33.8 Å². The SMILES string of the molecule is CCC(Cc1c(C)cc(C)c(O)c1C)C(=O)OC(CS(=O)(=O)O)C(F)(F)F. The first-order valence-corrected chi connectivity index (χ1v) is 9.79. The van der Waals surface area contributed by atoms with E-state index in [0.29, 0.717) is 16.7 Å². The average Bonchev–Trinajstić information content (AvgIpc) is 2.50. The van der Waals surface area contributed by atoms with Crippen molar-refractivity contribution in [2.24, 2.45) is 5.92 Å². The van der Waals surface area contributed by atoms with Crippen LogP contribution in [0.25, 0.3) is 0 Å². The Bertz CT molecular complexity index is 802. The Labute approximate surface area is 156 Å². The molecule has 27 heavy (non-hydrogen) atoms. The minimum atomic E-state index is -5.14. The van der Waals surface area contributed by atoms with Gasteiger partial charge in [-0.15, -0.1) is 0 Å². The molecule has 0 saturated heterocycles. The van der Waals surface area contributed by atoms with Gasteiger partial charge < -0.3 is 9.84 Å². The van der Waals surface area contributed by atoms with Gasteiger partial charge in [-0.3, -0.25) is 9.35 Å². The number of aryl methyl sites for hydroxylation is 2. The lowest BCUT2D eigenvalue weighted by atomic mass is 9.89. The quantitative estimate of drug-likeness (QED) is 0.527. The van der Waals surface area contributed by atoms with Crippen molar-refractivity contribution in [1.29, 1.82) is 0 Å². The summed E-state index contributed by atoms with van der Waals surface area (Å²) in [4.78, 5) is 12.2. The number of benzene rings is 1. The van der Waals surface area contributed by atoms with E-state index in [9.17, 15) is 31.5 Å². The fourth-order valence-electron chi connectivity index (χ4n) is 2.79. The average molecular weight is 412 g/mol. The molecule has 1 aromatic rings. The molecule has 0 aliphatic rings. The van der Waals surface area contributed by atoms with Crippen LogP contribution < -0.4 is 0 Å². The van der Waals surface area contributed by atoms with Gasteiger partial charge in [0.2, 0.25) is 6.10 Å². The van der Waals surface area contributed by atoms with Gasteiger partial charge in [-0.05, 0) is 55.9 Å². The highest BCUT2D eigenvalue weighted by Gasteiger charge is 2.46. The Kier molecular flexibility index (Phi) is 7.29. The zero-order chi connectivity index (χ0) is 21.2. The Morgan fingerprint density at radius 1 is 1.22 bits per heavy atom. The summed E-state index contributed by atoms with van der Waals surface area (Å²) in [5.74, 6) is -3.92. The number of aromatic hydroxyl groups is 1. The highest BCUT2D eigenvalue weighted by Crippen LogP contribution is 2.31. The van der Waals surface area contributed by atoms with E-state index >= 15 is 0 Å². The number of alkyl halides is 3. The Balaban J connectivity index is 3.08. The van der Waals surface area contributed by atoms with Gasteiger partial charge in [-0.1, -0.05) is 13.0 Å². The highest BCUT2D eigenvalue weighted by atomic mass is 32.2. The molecule has 6 nitrogen and oxygen atoms in total. The van der Waals surface area contributed by atoms with Crippen LogP contribution in [0.1, 0.15) is 35.6 Å². The summed E-state index contributed by atoms with van der Waals surface area (Å²) in [6.07, 6.45) is -7.93. The molecule has 2 N–H and O–H groups in total. The maximum Gasteiger partial charge on any atom is 0.426 e. The number of halogens is 3. The maximum atomic E-state index is 12.9. The molecule has 2 atom stereocenters. The predicted octanol–water partition coefficient (Wildman–Crippen LogP) is 3.25. The number of carbonyl (C=O) groups is 1. The first-order valence-electron chi connectivity index (χ1n) is 8.18. The predicted molar refractivity (Wildman–Crippen MR) is 92.2 cm³/mol. The second-order valence-electron chi connectivity index (χ2n) is 6.49. The van der Waals surface area contributed by atoms with Crippen LogP contribution in [0, 0.1) is 26.7 Å². The van der Waals surface area contributed by atoms with E-state index in [1.165, 1.54) is 0 Å². The molecule has 154 valence electrons. The number of hydrogen-bond acceptors (Lipinski definition) is 5. The van der Waals surface area contributed by atoms with Crippen molar-refractivity contribution in [3.63, 3.8) is 0 Å². The lowest BCUT2D eigenvalue weighted by Crippen LogP contribution is -2.41. The van der Waals surface area contributed by atoms with Gasteiger partial charge in [-0.25, -0.2) is 0 Å². The lowest BCUT2D eigenvalue weighted by molar-refractivity contribution is -0.217. The molecular formula is C17H23F3O6S. The summed E-state index contributed by atoms with van der Waals surface area (Å²) < 4.78 is 73.5. The zero-order valence-corrected chi connectivity index (χ0v) is 16.2. The minimum Gasteiger partial charge on any atom is -0.507 e. The Morgan fingerprint density at radius 3 is 2.22 bits per heavy atom. The van der Waals surface area contributed by atoms with Crippen molar-refractivity contribution < 1.29 is 40.8 Å². The lowest BCUT2D eigenvalue weighted by Gasteiger charge is -2.23. The molecule has 1 rings (SSSR count). The summed E-state index contributed by atoms with van der Waals surface area (Å²) in [7, 11) is -5.00. The number of carbonyl (C=O) groups excluding carboxylic acids is 1. The molecule has 0 amide bonds. The number of ether oxygens (including phenoxy) is 1. The van der Waals surface area contributed by atoms with E-state index in [4.69, 9.17) is 4.55 Å². The monoisotopic (exact) mass is 412 g/mol.